The van der Waals surface area contributed by atoms with Gasteiger partial charge in [-0.05, 0) is 36.2 Å². The number of nitrogens with zero attached hydrogens (tertiary/aromatic N) is 2. The van der Waals surface area contributed by atoms with Crippen molar-refractivity contribution in [3.63, 3.8) is 0 Å². The second-order valence-electron chi connectivity index (χ2n) is 5.83. The molecule has 2 heterocycles. The van der Waals surface area contributed by atoms with E-state index in [0.717, 1.165) is 49.8 Å². The number of hydrogen-bond donors (Lipinski definition) is 1. The van der Waals surface area contributed by atoms with E-state index < -0.39 is 0 Å². The van der Waals surface area contributed by atoms with E-state index in [0.29, 0.717) is 11.5 Å². The summed E-state index contributed by atoms with van der Waals surface area (Å²) in [6.45, 7) is 5.25. The van der Waals surface area contributed by atoms with Crippen LogP contribution in [0.5, 0.6) is 5.75 Å². The molecule has 1 fully saturated rings. The molecule has 4 rings (SSSR count). The van der Waals surface area contributed by atoms with Crippen LogP contribution < -0.4 is 19.3 Å². The number of anilines is 2. The molecule has 0 unspecified atom stereocenters. The molecule has 2 aliphatic heterocycles. The van der Waals surface area contributed by atoms with Crippen molar-refractivity contribution in [1.82, 2.24) is 5.32 Å². The lowest BCUT2D eigenvalue weighted by Crippen LogP contribution is -2.44. The average molecular weight is 345 g/mol. The minimum atomic E-state index is -0.186. The minimum absolute atomic E-state index is 0.186. The van der Waals surface area contributed by atoms with Crippen molar-refractivity contribution in [2.24, 2.45) is 0 Å². The Hall–Kier alpha value is -1.92. The first-order valence-electron chi connectivity index (χ1n) is 8.24. The lowest BCUT2D eigenvalue weighted by molar-refractivity contribution is 0.317. The summed E-state index contributed by atoms with van der Waals surface area (Å²) in [6.07, 6.45) is 0. The van der Waals surface area contributed by atoms with Crippen LogP contribution in [0.3, 0.4) is 0 Å². The molecule has 4 nitrogen and oxygen atoms in total. The third kappa shape index (κ3) is 3.03. The number of ether oxygens (including phenoxy) is 1. The number of halogens is 1. The Labute approximate surface area is 145 Å². The summed E-state index contributed by atoms with van der Waals surface area (Å²) < 4.78 is 22.1. The molecule has 0 amide bonds. The SMILES string of the molecule is Fc1ccccc1SN1CCOc2c(N3CCNCC3)cccc21. The van der Waals surface area contributed by atoms with Gasteiger partial charge in [0.2, 0.25) is 0 Å². The minimum Gasteiger partial charge on any atom is -0.487 e. The second-order valence-corrected chi connectivity index (χ2v) is 6.90. The highest BCUT2D eigenvalue weighted by atomic mass is 32.2. The van der Waals surface area contributed by atoms with Gasteiger partial charge in [0, 0.05) is 26.2 Å². The molecule has 0 atom stereocenters. The number of para-hydroxylation sites is 1. The van der Waals surface area contributed by atoms with Gasteiger partial charge in [0.25, 0.3) is 0 Å². The van der Waals surface area contributed by atoms with Crippen LogP contribution in [0.15, 0.2) is 47.4 Å². The molecule has 2 aliphatic rings. The zero-order chi connectivity index (χ0) is 16.4. The number of fused-ring (bicyclic) bond motifs is 1. The molecule has 0 spiro atoms. The Morgan fingerprint density at radius 2 is 1.75 bits per heavy atom. The molecule has 1 N–H and O–H groups in total. The first-order chi connectivity index (χ1) is 11.8. The van der Waals surface area contributed by atoms with E-state index in [2.05, 4.69) is 26.7 Å². The van der Waals surface area contributed by atoms with E-state index in [1.165, 1.54) is 18.0 Å². The van der Waals surface area contributed by atoms with Gasteiger partial charge < -0.3 is 19.3 Å². The van der Waals surface area contributed by atoms with Crippen molar-refractivity contribution in [2.75, 3.05) is 48.5 Å². The third-order valence-corrected chi connectivity index (χ3v) is 5.41. The number of piperazine rings is 1. The molecule has 0 bridgehead atoms. The zero-order valence-corrected chi connectivity index (χ0v) is 14.2. The maximum Gasteiger partial charge on any atom is 0.166 e. The highest BCUT2D eigenvalue weighted by Crippen LogP contribution is 2.44. The van der Waals surface area contributed by atoms with E-state index in [1.54, 1.807) is 6.07 Å². The fourth-order valence-electron chi connectivity index (χ4n) is 3.10. The second kappa shape index (κ2) is 6.91. The normalized spacial score (nSPS) is 17.4. The molecule has 2 aromatic carbocycles. The molecule has 0 aliphatic carbocycles. The van der Waals surface area contributed by atoms with Gasteiger partial charge in [0.05, 0.1) is 22.8 Å². The summed E-state index contributed by atoms with van der Waals surface area (Å²) in [5.74, 6) is 0.725. The summed E-state index contributed by atoms with van der Waals surface area (Å²) in [4.78, 5) is 2.99. The first-order valence-corrected chi connectivity index (χ1v) is 9.02. The van der Waals surface area contributed by atoms with Crippen LogP contribution in [0.4, 0.5) is 15.8 Å². The Morgan fingerprint density at radius 3 is 2.58 bits per heavy atom. The van der Waals surface area contributed by atoms with Crippen LogP contribution in [0.2, 0.25) is 0 Å². The van der Waals surface area contributed by atoms with Crippen molar-refractivity contribution >= 4 is 23.3 Å². The van der Waals surface area contributed by atoms with Crippen LogP contribution in [0.25, 0.3) is 0 Å². The van der Waals surface area contributed by atoms with Gasteiger partial charge in [-0.15, -0.1) is 0 Å². The van der Waals surface area contributed by atoms with Gasteiger partial charge in [0.15, 0.2) is 5.75 Å². The van der Waals surface area contributed by atoms with Crippen LogP contribution in [-0.2, 0) is 0 Å². The molecular weight excluding hydrogens is 325 g/mol. The number of hydrogen-bond acceptors (Lipinski definition) is 5. The van der Waals surface area contributed by atoms with Crippen molar-refractivity contribution in [1.29, 1.82) is 0 Å². The van der Waals surface area contributed by atoms with Gasteiger partial charge in [-0.2, -0.15) is 0 Å². The van der Waals surface area contributed by atoms with E-state index >= 15 is 0 Å². The summed E-state index contributed by atoms with van der Waals surface area (Å²) in [5.41, 5.74) is 2.15. The van der Waals surface area contributed by atoms with Crippen molar-refractivity contribution in [2.45, 2.75) is 4.90 Å². The molecule has 6 heteroatoms. The van der Waals surface area contributed by atoms with Gasteiger partial charge in [-0.25, -0.2) is 4.39 Å². The lowest BCUT2D eigenvalue weighted by atomic mass is 10.2. The maximum atomic E-state index is 14.0. The lowest BCUT2D eigenvalue weighted by Gasteiger charge is -2.35. The van der Waals surface area contributed by atoms with E-state index in [4.69, 9.17) is 4.74 Å². The average Bonchev–Trinajstić information content (AvgIpc) is 2.64. The van der Waals surface area contributed by atoms with Crippen molar-refractivity contribution in [3.8, 4) is 5.75 Å². The fourth-order valence-corrected chi connectivity index (χ4v) is 4.04. The molecule has 0 saturated carbocycles. The smallest absolute Gasteiger partial charge is 0.166 e. The predicted octanol–water partition coefficient (Wildman–Crippen LogP) is 3.14. The highest BCUT2D eigenvalue weighted by molar-refractivity contribution is 8.00. The first kappa shape index (κ1) is 15.6. The number of benzene rings is 2. The molecule has 1 saturated heterocycles. The van der Waals surface area contributed by atoms with E-state index in [1.807, 2.05) is 18.2 Å². The van der Waals surface area contributed by atoms with Crippen LogP contribution in [0, 0.1) is 5.82 Å². The van der Waals surface area contributed by atoms with Crippen LogP contribution in [0.1, 0.15) is 0 Å². The van der Waals surface area contributed by atoms with Gasteiger partial charge in [-0.3, -0.25) is 0 Å². The maximum absolute atomic E-state index is 14.0. The number of nitrogens with one attached hydrogen (secondary N) is 1. The third-order valence-electron chi connectivity index (χ3n) is 4.29. The van der Waals surface area contributed by atoms with Gasteiger partial charge >= 0.3 is 0 Å². The van der Waals surface area contributed by atoms with Gasteiger partial charge in [0.1, 0.15) is 12.4 Å². The molecule has 0 radical (unpaired) electrons. The highest BCUT2D eigenvalue weighted by Gasteiger charge is 2.25. The Balaban J connectivity index is 1.64. The molecule has 2 aromatic rings. The summed E-state index contributed by atoms with van der Waals surface area (Å²) >= 11 is 1.44. The topological polar surface area (TPSA) is 27.7 Å². The molecule has 24 heavy (non-hydrogen) atoms. The van der Waals surface area contributed by atoms with Crippen molar-refractivity contribution < 1.29 is 9.13 Å². The summed E-state index contributed by atoms with van der Waals surface area (Å²) in [7, 11) is 0. The van der Waals surface area contributed by atoms with E-state index in [9.17, 15) is 4.39 Å². The number of rotatable bonds is 3. The zero-order valence-electron chi connectivity index (χ0n) is 13.4. The Kier molecular flexibility index (Phi) is 4.49. The molecule has 0 aromatic heterocycles. The van der Waals surface area contributed by atoms with Crippen LogP contribution in [-0.4, -0.2) is 39.3 Å². The quantitative estimate of drug-likeness (QED) is 0.863. The molecule has 126 valence electrons. The van der Waals surface area contributed by atoms with Gasteiger partial charge in [-0.1, -0.05) is 18.2 Å². The summed E-state index contributed by atoms with van der Waals surface area (Å²) in [6, 6.07) is 13.1. The standard InChI is InChI=1S/C18H20FN3OS/c19-14-4-1-2-7-17(14)24-22-12-13-23-18-15(5-3-6-16(18)22)21-10-8-20-9-11-21/h1-7,20H,8-13H2. The fraction of sp³-hybridized carbons (Fsp3) is 0.333. The molecular formula is C18H20FN3OS. The van der Waals surface area contributed by atoms with E-state index in [-0.39, 0.29) is 5.82 Å². The van der Waals surface area contributed by atoms with Crippen molar-refractivity contribution in [3.05, 3.63) is 48.3 Å². The summed E-state index contributed by atoms with van der Waals surface area (Å²) in [5, 5.41) is 3.37. The van der Waals surface area contributed by atoms with Crippen LogP contribution >= 0.6 is 11.9 Å². The predicted molar refractivity (Wildman–Crippen MR) is 96.6 cm³/mol. The monoisotopic (exact) mass is 345 g/mol. The Bertz CT molecular complexity index is 721. The Morgan fingerprint density at radius 1 is 0.958 bits per heavy atom. The largest absolute Gasteiger partial charge is 0.487 e.